The van der Waals surface area contributed by atoms with Crippen molar-refractivity contribution in [1.82, 2.24) is 15.0 Å². The van der Waals surface area contributed by atoms with Crippen LogP contribution in [0.25, 0.3) is 0 Å². The summed E-state index contributed by atoms with van der Waals surface area (Å²) in [6, 6.07) is 7.65. The predicted octanol–water partition coefficient (Wildman–Crippen LogP) is 1.09. The standard InChI is InChI=1S/C11H8N4O/c16-10-5-8-3-1-2-4-9(8)15(10)11-13-6-12-7-14-11/h1-4,6-7H,5H2. The summed E-state index contributed by atoms with van der Waals surface area (Å²) in [6.07, 6.45) is 3.18. The molecule has 1 amide bonds. The number of carbonyl (C=O) groups is 1. The summed E-state index contributed by atoms with van der Waals surface area (Å²) in [5.41, 5.74) is 1.87. The van der Waals surface area contributed by atoms with Crippen molar-refractivity contribution in [3.8, 4) is 0 Å². The van der Waals surface area contributed by atoms with Gasteiger partial charge in [-0.15, -0.1) is 0 Å². The number of carbonyl (C=O) groups excluding carboxylic acids is 1. The molecule has 78 valence electrons. The monoisotopic (exact) mass is 212 g/mol. The smallest absolute Gasteiger partial charge is 0.239 e. The highest BCUT2D eigenvalue weighted by Gasteiger charge is 2.29. The summed E-state index contributed by atoms with van der Waals surface area (Å²) in [5, 5.41) is 0. The van der Waals surface area contributed by atoms with Crippen molar-refractivity contribution in [3.05, 3.63) is 42.5 Å². The Morgan fingerprint density at radius 1 is 1.12 bits per heavy atom. The molecule has 0 aliphatic carbocycles. The summed E-state index contributed by atoms with van der Waals surface area (Å²) < 4.78 is 0. The number of hydrogen-bond acceptors (Lipinski definition) is 4. The molecule has 0 atom stereocenters. The minimum Gasteiger partial charge on any atom is -0.274 e. The van der Waals surface area contributed by atoms with Crippen molar-refractivity contribution in [2.45, 2.75) is 6.42 Å². The molecule has 5 heteroatoms. The zero-order chi connectivity index (χ0) is 11.0. The molecule has 1 aromatic carbocycles. The van der Waals surface area contributed by atoms with Gasteiger partial charge in [-0.05, 0) is 11.6 Å². The van der Waals surface area contributed by atoms with Crippen LogP contribution in [0.5, 0.6) is 0 Å². The Bertz CT molecular complexity index is 541. The lowest BCUT2D eigenvalue weighted by molar-refractivity contribution is -0.116. The van der Waals surface area contributed by atoms with E-state index in [0.717, 1.165) is 11.3 Å². The minimum absolute atomic E-state index is 0.00704. The minimum atomic E-state index is -0.00704. The van der Waals surface area contributed by atoms with Crippen LogP contribution in [0.3, 0.4) is 0 Å². The second-order valence-electron chi connectivity index (χ2n) is 3.47. The van der Waals surface area contributed by atoms with Gasteiger partial charge in [0, 0.05) is 0 Å². The lowest BCUT2D eigenvalue weighted by Crippen LogP contribution is -2.22. The van der Waals surface area contributed by atoms with E-state index in [1.165, 1.54) is 17.6 Å². The molecule has 2 aromatic rings. The van der Waals surface area contributed by atoms with Gasteiger partial charge >= 0.3 is 0 Å². The van der Waals surface area contributed by atoms with Gasteiger partial charge in [-0.1, -0.05) is 18.2 Å². The largest absolute Gasteiger partial charge is 0.274 e. The van der Waals surface area contributed by atoms with Gasteiger partial charge in [0.2, 0.25) is 11.9 Å². The van der Waals surface area contributed by atoms with Crippen LogP contribution < -0.4 is 4.90 Å². The maximum absolute atomic E-state index is 11.9. The van der Waals surface area contributed by atoms with E-state index >= 15 is 0 Å². The maximum atomic E-state index is 11.9. The van der Waals surface area contributed by atoms with Crippen LogP contribution in [-0.2, 0) is 11.2 Å². The molecule has 0 saturated carbocycles. The van der Waals surface area contributed by atoms with E-state index in [-0.39, 0.29) is 5.91 Å². The molecule has 5 nitrogen and oxygen atoms in total. The molecular formula is C11H8N4O. The SMILES string of the molecule is O=C1Cc2ccccc2N1c1ncncn1. The van der Waals surface area contributed by atoms with Gasteiger partial charge < -0.3 is 0 Å². The number of hydrogen-bond donors (Lipinski definition) is 0. The van der Waals surface area contributed by atoms with Crippen molar-refractivity contribution >= 4 is 17.5 Å². The fourth-order valence-electron chi connectivity index (χ4n) is 1.82. The summed E-state index contributed by atoms with van der Waals surface area (Å²) >= 11 is 0. The first kappa shape index (κ1) is 8.96. The summed E-state index contributed by atoms with van der Waals surface area (Å²) in [5.74, 6) is 0.373. The van der Waals surface area contributed by atoms with Crippen LogP contribution in [-0.4, -0.2) is 20.9 Å². The van der Waals surface area contributed by atoms with Gasteiger partial charge in [-0.25, -0.2) is 19.9 Å². The van der Waals surface area contributed by atoms with Crippen LogP contribution in [0.1, 0.15) is 5.56 Å². The van der Waals surface area contributed by atoms with Gasteiger partial charge in [-0.2, -0.15) is 0 Å². The molecule has 0 N–H and O–H groups in total. The molecule has 1 aliphatic heterocycles. The molecule has 0 radical (unpaired) electrons. The van der Waals surface area contributed by atoms with Gasteiger partial charge in [0.25, 0.3) is 0 Å². The molecule has 16 heavy (non-hydrogen) atoms. The third-order valence-electron chi connectivity index (χ3n) is 2.50. The Hall–Kier alpha value is -2.30. The molecule has 0 saturated heterocycles. The topological polar surface area (TPSA) is 59.0 Å². The zero-order valence-corrected chi connectivity index (χ0v) is 8.37. The molecule has 2 heterocycles. The highest BCUT2D eigenvalue weighted by atomic mass is 16.2. The summed E-state index contributed by atoms with van der Waals surface area (Å²) in [7, 11) is 0. The third kappa shape index (κ3) is 1.25. The quantitative estimate of drug-likeness (QED) is 0.710. The Morgan fingerprint density at radius 2 is 1.88 bits per heavy atom. The Balaban J connectivity index is 2.13. The van der Waals surface area contributed by atoms with Gasteiger partial charge in [0.1, 0.15) is 12.7 Å². The first-order chi connectivity index (χ1) is 7.86. The van der Waals surface area contributed by atoms with Crippen molar-refractivity contribution in [3.63, 3.8) is 0 Å². The van der Waals surface area contributed by atoms with E-state index in [4.69, 9.17) is 0 Å². The van der Waals surface area contributed by atoms with Crippen molar-refractivity contribution in [2.24, 2.45) is 0 Å². The van der Waals surface area contributed by atoms with E-state index < -0.39 is 0 Å². The number of aromatic nitrogens is 3. The second-order valence-corrected chi connectivity index (χ2v) is 3.47. The molecule has 1 aliphatic rings. The molecule has 1 aromatic heterocycles. The normalized spacial score (nSPS) is 14.0. The number of para-hydroxylation sites is 1. The fourth-order valence-corrected chi connectivity index (χ4v) is 1.82. The number of fused-ring (bicyclic) bond motifs is 1. The van der Waals surface area contributed by atoms with Crippen LogP contribution in [0.4, 0.5) is 11.6 Å². The first-order valence-electron chi connectivity index (χ1n) is 4.89. The Kier molecular flexibility index (Phi) is 1.89. The highest BCUT2D eigenvalue weighted by Crippen LogP contribution is 2.32. The van der Waals surface area contributed by atoms with Gasteiger partial charge in [0.15, 0.2) is 0 Å². The number of anilines is 2. The van der Waals surface area contributed by atoms with E-state index in [0.29, 0.717) is 12.4 Å². The molecule has 0 fully saturated rings. The Morgan fingerprint density at radius 3 is 2.69 bits per heavy atom. The van der Waals surface area contributed by atoms with Crippen LogP contribution in [0, 0.1) is 0 Å². The molecular weight excluding hydrogens is 204 g/mol. The number of benzene rings is 1. The summed E-state index contributed by atoms with van der Waals surface area (Å²) in [4.78, 5) is 25.1. The van der Waals surface area contributed by atoms with E-state index in [1.807, 2.05) is 24.3 Å². The maximum Gasteiger partial charge on any atom is 0.239 e. The Labute approximate surface area is 91.8 Å². The van der Waals surface area contributed by atoms with Crippen molar-refractivity contribution < 1.29 is 4.79 Å². The van der Waals surface area contributed by atoms with Crippen LogP contribution in [0.15, 0.2) is 36.9 Å². The molecule has 3 rings (SSSR count). The predicted molar refractivity (Wildman–Crippen MR) is 57.1 cm³/mol. The van der Waals surface area contributed by atoms with E-state index in [1.54, 1.807) is 0 Å². The number of nitrogens with zero attached hydrogens (tertiary/aromatic N) is 4. The number of amides is 1. The number of rotatable bonds is 1. The highest BCUT2D eigenvalue weighted by molar-refractivity contribution is 6.05. The van der Waals surface area contributed by atoms with Crippen molar-refractivity contribution in [1.29, 1.82) is 0 Å². The molecule has 0 spiro atoms. The molecule has 0 unspecified atom stereocenters. The molecule has 0 bridgehead atoms. The van der Waals surface area contributed by atoms with E-state index in [2.05, 4.69) is 15.0 Å². The average Bonchev–Trinajstić information content (AvgIpc) is 2.66. The van der Waals surface area contributed by atoms with Gasteiger partial charge in [-0.3, -0.25) is 4.79 Å². The lowest BCUT2D eigenvalue weighted by Gasteiger charge is -2.13. The van der Waals surface area contributed by atoms with Crippen LogP contribution in [0.2, 0.25) is 0 Å². The zero-order valence-electron chi connectivity index (χ0n) is 8.37. The van der Waals surface area contributed by atoms with E-state index in [9.17, 15) is 4.79 Å². The fraction of sp³-hybridized carbons (Fsp3) is 0.0909. The summed E-state index contributed by atoms with van der Waals surface area (Å²) in [6.45, 7) is 0. The lowest BCUT2D eigenvalue weighted by atomic mass is 10.2. The third-order valence-corrected chi connectivity index (χ3v) is 2.50. The van der Waals surface area contributed by atoms with Crippen LogP contribution >= 0.6 is 0 Å². The van der Waals surface area contributed by atoms with Gasteiger partial charge in [0.05, 0.1) is 12.1 Å². The second kappa shape index (κ2) is 3.37. The first-order valence-corrected chi connectivity index (χ1v) is 4.89. The average molecular weight is 212 g/mol. The van der Waals surface area contributed by atoms with Crippen molar-refractivity contribution in [2.75, 3.05) is 4.90 Å².